The molecule has 2 heteroatoms. The van der Waals surface area contributed by atoms with Gasteiger partial charge in [-0.3, -0.25) is 4.79 Å². The van der Waals surface area contributed by atoms with Crippen LogP contribution in [0, 0.1) is 0 Å². The lowest BCUT2D eigenvalue weighted by atomic mass is 10.2. The van der Waals surface area contributed by atoms with Crippen molar-refractivity contribution in [3.05, 3.63) is 82.2 Å². The molecule has 0 N–H and O–H groups in total. The summed E-state index contributed by atoms with van der Waals surface area (Å²) in [6.07, 6.45) is 3.73. The van der Waals surface area contributed by atoms with Crippen molar-refractivity contribution in [1.82, 2.24) is 0 Å². The third kappa shape index (κ3) is 2.47. The monoisotopic (exact) mass is 248 g/mol. The average Bonchev–Trinajstić information content (AvgIpc) is 2.46. The smallest absolute Gasteiger partial charge is 0.193 e. The van der Waals surface area contributed by atoms with Crippen LogP contribution < -0.4 is 5.43 Å². The van der Waals surface area contributed by atoms with Crippen molar-refractivity contribution >= 4 is 23.1 Å². The molecule has 0 amide bonds. The van der Waals surface area contributed by atoms with Crippen molar-refractivity contribution in [2.45, 2.75) is 0 Å². The summed E-state index contributed by atoms with van der Waals surface area (Å²) in [6, 6.07) is 18.7. The summed E-state index contributed by atoms with van der Waals surface area (Å²) in [7, 11) is 0. The van der Waals surface area contributed by atoms with Crippen molar-refractivity contribution in [2.75, 3.05) is 0 Å². The molecule has 0 aliphatic carbocycles. The lowest BCUT2D eigenvalue weighted by molar-refractivity contribution is 0.591. The normalized spacial score (nSPS) is 11.2. The molecule has 0 saturated heterocycles. The van der Waals surface area contributed by atoms with Crippen LogP contribution in [0.4, 0.5) is 0 Å². The second-order valence-electron chi connectivity index (χ2n) is 4.25. The molecule has 1 aromatic heterocycles. The Labute approximate surface area is 110 Å². The topological polar surface area (TPSA) is 30.2 Å². The third-order valence-corrected chi connectivity index (χ3v) is 2.89. The maximum absolute atomic E-state index is 11.9. The van der Waals surface area contributed by atoms with Crippen molar-refractivity contribution in [3.8, 4) is 0 Å². The van der Waals surface area contributed by atoms with Crippen LogP contribution in [0.15, 0.2) is 69.9 Å². The van der Waals surface area contributed by atoms with Gasteiger partial charge in [-0.05, 0) is 23.8 Å². The van der Waals surface area contributed by atoms with Gasteiger partial charge in [-0.25, -0.2) is 0 Å². The maximum atomic E-state index is 11.9. The zero-order chi connectivity index (χ0) is 13.1. The second-order valence-corrected chi connectivity index (χ2v) is 4.25. The lowest BCUT2D eigenvalue weighted by Gasteiger charge is -1.98. The lowest BCUT2D eigenvalue weighted by Crippen LogP contribution is -1.99. The van der Waals surface area contributed by atoms with E-state index in [-0.39, 0.29) is 5.43 Å². The first-order valence-electron chi connectivity index (χ1n) is 6.09. The van der Waals surface area contributed by atoms with Gasteiger partial charge in [0.05, 0.1) is 5.39 Å². The zero-order valence-electron chi connectivity index (χ0n) is 10.2. The van der Waals surface area contributed by atoms with Gasteiger partial charge in [0.2, 0.25) is 0 Å². The molecule has 0 atom stereocenters. The molecule has 3 rings (SSSR count). The fourth-order valence-corrected chi connectivity index (χ4v) is 1.95. The summed E-state index contributed by atoms with van der Waals surface area (Å²) in [6.45, 7) is 0. The Morgan fingerprint density at radius 3 is 2.42 bits per heavy atom. The van der Waals surface area contributed by atoms with Crippen molar-refractivity contribution in [1.29, 1.82) is 0 Å². The van der Waals surface area contributed by atoms with Gasteiger partial charge in [0.1, 0.15) is 11.3 Å². The van der Waals surface area contributed by atoms with E-state index in [1.165, 1.54) is 6.07 Å². The Bertz CT molecular complexity index is 783. The summed E-state index contributed by atoms with van der Waals surface area (Å²) >= 11 is 0. The van der Waals surface area contributed by atoms with E-state index in [0.717, 1.165) is 5.56 Å². The average molecular weight is 248 g/mol. The minimum Gasteiger partial charge on any atom is -0.456 e. The summed E-state index contributed by atoms with van der Waals surface area (Å²) in [5.41, 5.74) is 1.66. The van der Waals surface area contributed by atoms with Crippen molar-refractivity contribution in [2.24, 2.45) is 0 Å². The molecule has 0 saturated carbocycles. The molecule has 2 aromatic carbocycles. The maximum Gasteiger partial charge on any atom is 0.193 e. The highest BCUT2D eigenvalue weighted by Gasteiger charge is 2.01. The van der Waals surface area contributed by atoms with Gasteiger partial charge < -0.3 is 4.42 Å². The minimum atomic E-state index is -0.0189. The standard InChI is InChI=1S/C17H12O2/c18-16-12-14(11-10-13-6-2-1-3-7-13)19-17-9-5-4-8-15(16)17/h1-12H. The molecule has 0 spiro atoms. The molecule has 0 aliphatic heterocycles. The van der Waals surface area contributed by atoms with E-state index in [4.69, 9.17) is 4.42 Å². The first-order valence-corrected chi connectivity index (χ1v) is 6.09. The van der Waals surface area contributed by atoms with Crippen LogP contribution in [0.1, 0.15) is 11.3 Å². The summed E-state index contributed by atoms with van der Waals surface area (Å²) < 4.78 is 5.68. The van der Waals surface area contributed by atoms with Crippen LogP contribution in [0.5, 0.6) is 0 Å². The first kappa shape index (κ1) is 11.5. The zero-order valence-corrected chi connectivity index (χ0v) is 10.2. The highest BCUT2D eigenvalue weighted by Crippen LogP contribution is 2.13. The summed E-state index contributed by atoms with van der Waals surface area (Å²) in [5, 5.41) is 0.611. The first-order chi connectivity index (χ1) is 9.33. The molecule has 2 nitrogen and oxygen atoms in total. The summed E-state index contributed by atoms with van der Waals surface area (Å²) in [5.74, 6) is 0.563. The molecule has 19 heavy (non-hydrogen) atoms. The van der Waals surface area contributed by atoms with Gasteiger partial charge in [0.15, 0.2) is 5.43 Å². The Kier molecular flexibility index (Phi) is 2.99. The van der Waals surface area contributed by atoms with Crippen LogP contribution >= 0.6 is 0 Å². The predicted octanol–water partition coefficient (Wildman–Crippen LogP) is 3.96. The van der Waals surface area contributed by atoms with E-state index in [1.807, 2.05) is 54.6 Å². The van der Waals surface area contributed by atoms with E-state index in [9.17, 15) is 4.79 Å². The molecular formula is C17H12O2. The van der Waals surface area contributed by atoms with Crippen LogP contribution in [-0.4, -0.2) is 0 Å². The van der Waals surface area contributed by atoms with Gasteiger partial charge >= 0.3 is 0 Å². The fourth-order valence-electron chi connectivity index (χ4n) is 1.95. The van der Waals surface area contributed by atoms with E-state index in [0.29, 0.717) is 16.7 Å². The largest absolute Gasteiger partial charge is 0.456 e. The van der Waals surface area contributed by atoms with Crippen LogP contribution in [0.25, 0.3) is 23.1 Å². The molecule has 0 aliphatic rings. The number of benzene rings is 2. The number of hydrogen-bond acceptors (Lipinski definition) is 2. The molecule has 0 radical (unpaired) electrons. The predicted molar refractivity (Wildman–Crippen MR) is 77.9 cm³/mol. The molecule has 0 bridgehead atoms. The second kappa shape index (κ2) is 4.94. The van der Waals surface area contributed by atoms with Crippen molar-refractivity contribution < 1.29 is 4.42 Å². The SMILES string of the molecule is O=c1cc(C=Cc2ccccc2)oc2ccccc12. The highest BCUT2D eigenvalue weighted by atomic mass is 16.3. The van der Waals surface area contributed by atoms with Gasteiger partial charge in [-0.2, -0.15) is 0 Å². The highest BCUT2D eigenvalue weighted by molar-refractivity contribution is 5.78. The fraction of sp³-hybridized carbons (Fsp3) is 0. The van der Waals surface area contributed by atoms with Gasteiger partial charge in [-0.15, -0.1) is 0 Å². The number of fused-ring (bicyclic) bond motifs is 1. The van der Waals surface area contributed by atoms with Gasteiger partial charge in [-0.1, -0.05) is 48.5 Å². The number of para-hydroxylation sites is 1. The Hall–Kier alpha value is -2.61. The van der Waals surface area contributed by atoms with Crippen LogP contribution in [0.3, 0.4) is 0 Å². The van der Waals surface area contributed by atoms with Crippen LogP contribution in [0.2, 0.25) is 0 Å². The Morgan fingerprint density at radius 1 is 0.842 bits per heavy atom. The van der Waals surface area contributed by atoms with E-state index >= 15 is 0 Å². The molecule has 3 aromatic rings. The van der Waals surface area contributed by atoms with E-state index in [2.05, 4.69) is 0 Å². The third-order valence-electron chi connectivity index (χ3n) is 2.89. The molecule has 92 valence electrons. The van der Waals surface area contributed by atoms with E-state index < -0.39 is 0 Å². The molecular weight excluding hydrogens is 236 g/mol. The quantitative estimate of drug-likeness (QED) is 0.687. The van der Waals surface area contributed by atoms with Gasteiger partial charge in [0, 0.05) is 6.07 Å². The molecule has 0 fully saturated rings. The minimum absolute atomic E-state index is 0.0189. The van der Waals surface area contributed by atoms with Crippen LogP contribution in [-0.2, 0) is 0 Å². The summed E-state index contributed by atoms with van der Waals surface area (Å²) in [4.78, 5) is 11.9. The molecule has 0 unspecified atom stereocenters. The number of rotatable bonds is 2. The van der Waals surface area contributed by atoms with Crippen molar-refractivity contribution in [3.63, 3.8) is 0 Å². The van der Waals surface area contributed by atoms with E-state index in [1.54, 1.807) is 12.1 Å². The van der Waals surface area contributed by atoms with Gasteiger partial charge in [0.25, 0.3) is 0 Å². The molecule has 1 heterocycles. The Balaban J connectivity index is 2.02. The Morgan fingerprint density at radius 2 is 1.58 bits per heavy atom. The number of hydrogen-bond donors (Lipinski definition) is 0.